The number of azide groups is 1. The number of benzene rings is 1. The molecule has 0 aliphatic carbocycles. The maximum absolute atomic E-state index is 12.2. The van der Waals surface area contributed by atoms with Crippen LogP contribution in [-0.4, -0.2) is 0 Å². The quantitative estimate of drug-likeness (QED) is 0.405. The number of rotatable bonds is 2. The van der Waals surface area contributed by atoms with E-state index in [4.69, 9.17) is 5.53 Å². The Hall–Kier alpha value is -1.94. The molecule has 0 atom stereocenters. The molecule has 0 heterocycles. The van der Waals surface area contributed by atoms with E-state index in [1.165, 1.54) is 12.1 Å². The van der Waals surface area contributed by atoms with Gasteiger partial charge in [-0.05, 0) is 23.2 Å². The average Bonchev–Trinajstić information content (AvgIpc) is 2.17. The van der Waals surface area contributed by atoms with Crippen molar-refractivity contribution >= 4 is 5.70 Å². The van der Waals surface area contributed by atoms with Crippen LogP contribution in [0.4, 0.5) is 13.2 Å². The fourth-order valence-electron chi connectivity index (χ4n) is 0.963. The zero-order valence-electron chi connectivity index (χ0n) is 7.49. The highest BCUT2D eigenvalue weighted by Gasteiger charge is 2.29. The van der Waals surface area contributed by atoms with Gasteiger partial charge in [0.05, 0.1) is 5.56 Å². The van der Waals surface area contributed by atoms with Gasteiger partial charge in [0.15, 0.2) is 0 Å². The van der Waals surface area contributed by atoms with E-state index in [1.54, 1.807) is 0 Å². The second kappa shape index (κ2) is 4.06. The van der Waals surface area contributed by atoms with Gasteiger partial charge in [0.2, 0.25) is 0 Å². The first kappa shape index (κ1) is 11.1. The lowest BCUT2D eigenvalue weighted by atomic mass is 10.1. The summed E-state index contributed by atoms with van der Waals surface area (Å²) in [6.07, 6.45) is -4.36. The second-order valence-electron chi connectivity index (χ2n) is 2.71. The summed E-state index contributed by atoms with van der Waals surface area (Å²) in [5.74, 6) is 0. The van der Waals surface area contributed by atoms with Gasteiger partial charge in [0.25, 0.3) is 0 Å². The second-order valence-corrected chi connectivity index (χ2v) is 2.71. The normalized spacial score (nSPS) is 10.6. The molecule has 3 nitrogen and oxygen atoms in total. The first-order valence-electron chi connectivity index (χ1n) is 3.87. The molecule has 0 amide bonds. The predicted octanol–water partition coefficient (Wildman–Crippen LogP) is 3.99. The topological polar surface area (TPSA) is 48.8 Å². The van der Waals surface area contributed by atoms with E-state index < -0.39 is 11.7 Å². The Labute approximate surface area is 83.5 Å². The van der Waals surface area contributed by atoms with E-state index in [-0.39, 0.29) is 5.70 Å². The van der Waals surface area contributed by atoms with Crippen molar-refractivity contribution < 1.29 is 13.2 Å². The molecule has 0 unspecified atom stereocenters. The largest absolute Gasteiger partial charge is 0.416 e. The van der Waals surface area contributed by atoms with Crippen molar-refractivity contribution in [2.45, 2.75) is 6.18 Å². The molecule has 0 aliphatic rings. The maximum Gasteiger partial charge on any atom is 0.416 e. The van der Waals surface area contributed by atoms with Crippen LogP contribution >= 0.6 is 0 Å². The number of nitrogens with zero attached hydrogens (tertiary/aromatic N) is 3. The number of hydrogen-bond donors (Lipinski definition) is 0. The molecule has 0 radical (unpaired) electrons. The smallest absolute Gasteiger partial charge is 0.166 e. The van der Waals surface area contributed by atoms with Crippen molar-refractivity contribution in [2.75, 3.05) is 0 Å². The molecule has 0 saturated carbocycles. The Morgan fingerprint density at radius 2 is 1.80 bits per heavy atom. The van der Waals surface area contributed by atoms with Crippen LogP contribution in [-0.2, 0) is 6.18 Å². The highest BCUT2D eigenvalue weighted by Crippen LogP contribution is 2.29. The molecule has 0 fully saturated rings. The van der Waals surface area contributed by atoms with Crippen LogP contribution in [0.5, 0.6) is 0 Å². The van der Waals surface area contributed by atoms with E-state index in [0.29, 0.717) is 5.56 Å². The maximum atomic E-state index is 12.2. The molecular formula is C9H6F3N3. The SMILES string of the molecule is C=C(N=[N+]=[N-])c1ccc(C(F)(F)F)cc1. The molecular weight excluding hydrogens is 207 g/mol. The van der Waals surface area contributed by atoms with Crippen molar-refractivity contribution in [1.29, 1.82) is 0 Å². The van der Waals surface area contributed by atoms with E-state index in [1.807, 2.05) is 0 Å². The van der Waals surface area contributed by atoms with Crippen LogP contribution in [0.15, 0.2) is 36.0 Å². The molecule has 1 aromatic rings. The summed E-state index contributed by atoms with van der Waals surface area (Å²) in [7, 11) is 0. The molecule has 6 heteroatoms. The zero-order chi connectivity index (χ0) is 11.5. The Morgan fingerprint density at radius 3 is 2.20 bits per heavy atom. The van der Waals surface area contributed by atoms with Crippen molar-refractivity contribution in [3.05, 3.63) is 52.4 Å². The minimum atomic E-state index is -4.36. The van der Waals surface area contributed by atoms with E-state index in [0.717, 1.165) is 12.1 Å². The first-order chi connectivity index (χ1) is 6.95. The van der Waals surface area contributed by atoms with Gasteiger partial charge in [0, 0.05) is 10.6 Å². The van der Waals surface area contributed by atoms with Gasteiger partial charge in [-0.2, -0.15) is 13.2 Å². The lowest BCUT2D eigenvalue weighted by Gasteiger charge is -2.06. The summed E-state index contributed by atoms with van der Waals surface area (Å²) in [6.45, 7) is 3.40. The summed E-state index contributed by atoms with van der Waals surface area (Å²) in [6, 6.07) is 4.24. The molecule has 78 valence electrons. The third kappa shape index (κ3) is 2.75. The van der Waals surface area contributed by atoms with Crippen molar-refractivity contribution in [3.63, 3.8) is 0 Å². The molecule has 0 bridgehead atoms. The number of hydrogen-bond acceptors (Lipinski definition) is 1. The standard InChI is InChI=1S/C9H6F3N3/c1-6(14-15-13)7-2-4-8(5-3-7)9(10,11)12/h2-5H,1H2. The number of alkyl halides is 3. The van der Waals surface area contributed by atoms with Gasteiger partial charge in [-0.15, -0.1) is 0 Å². The Kier molecular flexibility index (Phi) is 3.01. The monoisotopic (exact) mass is 213 g/mol. The van der Waals surface area contributed by atoms with Gasteiger partial charge < -0.3 is 0 Å². The third-order valence-corrected chi connectivity index (χ3v) is 1.71. The van der Waals surface area contributed by atoms with Gasteiger partial charge in [-0.1, -0.05) is 23.8 Å². The van der Waals surface area contributed by atoms with Gasteiger partial charge in [-0.3, -0.25) is 0 Å². The van der Waals surface area contributed by atoms with E-state index >= 15 is 0 Å². The summed E-state index contributed by atoms with van der Waals surface area (Å²) in [5.41, 5.74) is 7.80. The van der Waals surface area contributed by atoms with E-state index in [2.05, 4.69) is 16.6 Å². The molecule has 1 rings (SSSR count). The Balaban J connectivity index is 3.00. The van der Waals surface area contributed by atoms with Crippen LogP contribution in [0.2, 0.25) is 0 Å². The van der Waals surface area contributed by atoms with E-state index in [9.17, 15) is 13.2 Å². The van der Waals surface area contributed by atoms with Gasteiger partial charge in [0.1, 0.15) is 0 Å². The van der Waals surface area contributed by atoms with Crippen molar-refractivity contribution in [1.82, 2.24) is 0 Å². The highest BCUT2D eigenvalue weighted by atomic mass is 19.4. The van der Waals surface area contributed by atoms with Crippen LogP contribution in [0.3, 0.4) is 0 Å². The molecule has 1 aromatic carbocycles. The lowest BCUT2D eigenvalue weighted by Crippen LogP contribution is -2.04. The number of halogens is 3. The van der Waals surface area contributed by atoms with Crippen molar-refractivity contribution in [3.8, 4) is 0 Å². The Morgan fingerprint density at radius 1 is 1.27 bits per heavy atom. The van der Waals surface area contributed by atoms with Crippen LogP contribution in [0.25, 0.3) is 16.1 Å². The summed E-state index contributed by atoms with van der Waals surface area (Å²) in [5, 5.41) is 3.19. The van der Waals surface area contributed by atoms with Gasteiger partial charge in [-0.25, -0.2) is 0 Å². The summed E-state index contributed by atoms with van der Waals surface area (Å²) >= 11 is 0. The summed E-state index contributed by atoms with van der Waals surface area (Å²) < 4.78 is 36.5. The molecule has 0 saturated heterocycles. The molecule has 15 heavy (non-hydrogen) atoms. The van der Waals surface area contributed by atoms with Crippen LogP contribution in [0, 0.1) is 0 Å². The Bertz CT molecular complexity index is 413. The van der Waals surface area contributed by atoms with Crippen molar-refractivity contribution in [2.24, 2.45) is 5.11 Å². The third-order valence-electron chi connectivity index (χ3n) is 1.71. The van der Waals surface area contributed by atoms with Crippen LogP contribution in [0.1, 0.15) is 11.1 Å². The predicted molar refractivity (Wildman–Crippen MR) is 49.6 cm³/mol. The fourth-order valence-corrected chi connectivity index (χ4v) is 0.963. The minimum Gasteiger partial charge on any atom is -0.166 e. The molecule has 0 spiro atoms. The zero-order valence-corrected chi connectivity index (χ0v) is 7.49. The minimum absolute atomic E-state index is 0.0891. The molecule has 0 aliphatic heterocycles. The van der Waals surface area contributed by atoms with Gasteiger partial charge >= 0.3 is 6.18 Å². The molecule has 0 aromatic heterocycles. The fraction of sp³-hybridized carbons (Fsp3) is 0.111. The highest BCUT2D eigenvalue weighted by molar-refractivity contribution is 5.62. The lowest BCUT2D eigenvalue weighted by molar-refractivity contribution is -0.137. The first-order valence-corrected chi connectivity index (χ1v) is 3.87. The van der Waals surface area contributed by atoms with Crippen LogP contribution < -0.4 is 0 Å². The molecule has 0 N–H and O–H groups in total. The average molecular weight is 213 g/mol. The summed E-state index contributed by atoms with van der Waals surface area (Å²) in [4.78, 5) is 2.49.